The molecule has 0 aliphatic carbocycles. The quantitative estimate of drug-likeness (QED) is 0.541. The van der Waals surface area contributed by atoms with Gasteiger partial charge in [-0.05, 0) is 18.4 Å². The van der Waals surface area contributed by atoms with E-state index in [-0.39, 0.29) is 0 Å². The first-order valence-electron chi connectivity index (χ1n) is 3.06. The van der Waals surface area contributed by atoms with Gasteiger partial charge in [0.1, 0.15) is 0 Å². The van der Waals surface area contributed by atoms with Gasteiger partial charge in [-0.1, -0.05) is 13.8 Å². The van der Waals surface area contributed by atoms with E-state index in [1.807, 2.05) is 20.8 Å². The Balaban J connectivity index is 4.27. The maximum absolute atomic E-state index is 6.87. The van der Waals surface area contributed by atoms with Gasteiger partial charge in [-0.15, -0.1) is 0 Å². The van der Waals surface area contributed by atoms with Crippen LogP contribution in [-0.2, 0) is 0 Å². The number of hydrogen-bond acceptors (Lipinski definition) is 2. The fourth-order valence-electron chi connectivity index (χ4n) is 0.539. The average molecular weight is 126 g/mol. The first-order valence-corrected chi connectivity index (χ1v) is 3.06. The van der Waals surface area contributed by atoms with Crippen molar-refractivity contribution in [1.82, 2.24) is 0 Å². The molecule has 0 unspecified atom stereocenters. The molecule has 0 aromatic rings. The zero-order chi connectivity index (χ0) is 7.44. The summed E-state index contributed by atoms with van der Waals surface area (Å²) in [5.41, 5.74) is 7.27. The second-order valence-electron chi connectivity index (χ2n) is 2.44. The predicted octanol–water partition coefficient (Wildman–Crippen LogP) is 1.52. The third kappa shape index (κ3) is 2.31. The van der Waals surface area contributed by atoms with Gasteiger partial charge in [-0.3, -0.25) is 0 Å². The second kappa shape index (κ2) is 3.28. The Morgan fingerprint density at radius 1 is 1.56 bits per heavy atom. The molecule has 3 N–H and O–H groups in total. The Labute approximate surface area is 56.3 Å². The molecule has 9 heavy (non-hydrogen) atoms. The Bertz CT molecular complexity index is 134. The molecular formula is C7H14N2. The predicted molar refractivity (Wildman–Crippen MR) is 40.5 cm³/mol. The van der Waals surface area contributed by atoms with Crippen molar-refractivity contribution in [2.45, 2.75) is 20.8 Å². The van der Waals surface area contributed by atoms with Crippen LogP contribution in [0, 0.1) is 11.3 Å². The van der Waals surface area contributed by atoms with Crippen LogP contribution in [0.15, 0.2) is 11.3 Å². The summed E-state index contributed by atoms with van der Waals surface area (Å²) in [6.07, 6.45) is 1.29. The summed E-state index contributed by atoms with van der Waals surface area (Å²) in [5.74, 6) is 0.353. The summed E-state index contributed by atoms with van der Waals surface area (Å²) in [4.78, 5) is 0. The lowest BCUT2D eigenvalue weighted by Crippen LogP contribution is -2.08. The van der Waals surface area contributed by atoms with E-state index in [0.29, 0.717) is 5.92 Å². The molecule has 0 saturated carbocycles. The van der Waals surface area contributed by atoms with Crippen molar-refractivity contribution in [1.29, 1.82) is 5.41 Å². The summed E-state index contributed by atoms with van der Waals surface area (Å²) in [7, 11) is 0. The van der Waals surface area contributed by atoms with E-state index >= 15 is 0 Å². The number of hydrogen-bond donors (Lipinski definition) is 2. The molecule has 0 heterocycles. The lowest BCUT2D eigenvalue weighted by atomic mass is 10.1. The first kappa shape index (κ1) is 8.21. The molecule has 0 atom stereocenters. The van der Waals surface area contributed by atoms with E-state index in [9.17, 15) is 0 Å². The molecule has 0 saturated heterocycles. The first-order chi connectivity index (χ1) is 4.09. The van der Waals surface area contributed by atoms with Crippen LogP contribution in [0.25, 0.3) is 0 Å². The molecule has 0 rings (SSSR count). The number of rotatable bonds is 2. The minimum atomic E-state index is 0.353. The average Bonchev–Trinajstić information content (AvgIpc) is 1.84. The van der Waals surface area contributed by atoms with Gasteiger partial charge in [0.15, 0.2) is 0 Å². The highest BCUT2D eigenvalue weighted by molar-refractivity contribution is 5.75. The standard InChI is InChI=1S/C7H14N2/c1-5(2)7(9)6(3)4-8/h4-5,8H,9H2,1-3H3. The zero-order valence-electron chi connectivity index (χ0n) is 6.23. The lowest BCUT2D eigenvalue weighted by molar-refractivity contribution is 0.751. The molecule has 2 nitrogen and oxygen atoms in total. The molecule has 0 radical (unpaired) electrons. The third-order valence-corrected chi connectivity index (χ3v) is 1.29. The highest BCUT2D eigenvalue weighted by atomic mass is 14.6. The van der Waals surface area contributed by atoms with E-state index in [1.54, 1.807) is 0 Å². The monoisotopic (exact) mass is 126 g/mol. The smallest absolute Gasteiger partial charge is 0.0224 e. The Hall–Kier alpha value is -0.790. The largest absolute Gasteiger partial charge is 0.402 e. The molecule has 0 aromatic carbocycles. The fraction of sp³-hybridized carbons (Fsp3) is 0.571. The highest BCUT2D eigenvalue weighted by Crippen LogP contribution is 2.05. The molecular weight excluding hydrogens is 112 g/mol. The maximum Gasteiger partial charge on any atom is 0.0224 e. The molecule has 52 valence electrons. The summed E-state index contributed by atoms with van der Waals surface area (Å²) in [6, 6.07) is 0. The normalized spacial score (nSPS) is 13.3. The van der Waals surface area contributed by atoms with E-state index < -0.39 is 0 Å². The van der Waals surface area contributed by atoms with Crippen molar-refractivity contribution >= 4 is 6.21 Å². The van der Waals surface area contributed by atoms with Gasteiger partial charge in [-0.25, -0.2) is 0 Å². The minimum absolute atomic E-state index is 0.353. The van der Waals surface area contributed by atoms with Crippen LogP contribution in [0.4, 0.5) is 0 Å². The molecule has 0 fully saturated rings. The summed E-state index contributed by atoms with van der Waals surface area (Å²) in [6.45, 7) is 5.88. The number of nitrogens with two attached hydrogens (primary N) is 1. The van der Waals surface area contributed by atoms with Crippen molar-refractivity contribution in [3.05, 3.63) is 11.3 Å². The highest BCUT2D eigenvalue weighted by Gasteiger charge is 1.98. The van der Waals surface area contributed by atoms with E-state index in [0.717, 1.165) is 11.3 Å². The van der Waals surface area contributed by atoms with Gasteiger partial charge in [0.05, 0.1) is 0 Å². The van der Waals surface area contributed by atoms with E-state index in [4.69, 9.17) is 11.1 Å². The molecule has 0 aliphatic heterocycles. The summed E-state index contributed by atoms with van der Waals surface area (Å²) < 4.78 is 0. The van der Waals surface area contributed by atoms with Crippen molar-refractivity contribution in [3.8, 4) is 0 Å². The van der Waals surface area contributed by atoms with Gasteiger partial charge < -0.3 is 11.1 Å². The van der Waals surface area contributed by atoms with Crippen molar-refractivity contribution in [3.63, 3.8) is 0 Å². The Morgan fingerprint density at radius 3 is 2.11 bits per heavy atom. The zero-order valence-corrected chi connectivity index (χ0v) is 6.23. The molecule has 0 bridgehead atoms. The summed E-state index contributed by atoms with van der Waals surface area (Å²) >= 11 is 0. The second-order valence-corrected chi connectivity index (χ2v) is 2.44. The topological polar surface area (TPSA) is 49.9 Å². The van der Waals surface area contributed by atoms with Gasteiger partial charge in [0.25, 0.3) is 0 Å². The van der Waals surface area contributed by atoms with Crippen LogP contribution in [0.3, 0.4) is 0 Å². The third-order valence-electron chi connectivity index (χ3n) is 1.29. The van der Waals surface area contributed by atoms with Crippen LogP contribution in [-0.4, -0.2) is 6.21 Å². The SMILES string of the molecule is CC(C=N)=C(N)C(C)C. The van der Waals surface area contributed by atoms with E-state index in [1.165, 1.54) is 6.21 Å². The van der Waals surface area contributed by atoms with Gasteiger partial charge in [0, 0.05) is 11.9 Å². The molecule has 0 spiro atoms. The van der Waals surface area contributed by atoms with Crippen LogP contribution >= 0.6 is 0 Å². The van der Waals surface area contributed by atoms with Crippen LogP contribution in [0.5, 0.6) is 0 Å². The van der Waals surface area contributed by atoms with E-state index in [2.05, 4.69) is 0 Å². The maximum atomic E-state index is 6.87. The van der Waals surface area contributed by atoms with Gasteiger partial charge in [-0.2, -0.15) is 0 Å². The van der Waals surface area contributed by atoms with Gasteiger partial charge in [0.2, 0.25) is 0 Å². The summed E-state index contributed by atoms with van der Waals surface area (Å²) in [5, 5.41) is 6.87. The lowest BCUT2D eigenvalue weighted by Gasteiger charge is -2.05. The van der Waals surface area contributed by atoms with Gasteiger partial charge >= 0.3 is 0 Å². The van der Waals surface area contributed by atoms with Crippen molar-refractivity contribution < 1.29 is 0 Å². The molecule has 0 amide bonds. The van der Waals surface area contributed by atoms with Crippen molar-refractivity contribution in [2.75, 3.05) is 0 Å². The van der Waals surface area contributed by atoms with Crippen LogP contribution in [0.1, 0.15) is 20.8 Å². The molecule has 2 heteroatoms. The fourth-order valence-corrected chi connectivity index (χ4v) is 0.539. The number of allylic oxidation sites excluding steroid dienone is 2. The molecule has 0 aliphatic rings. The van der Waals surface area contributed by atoms with Crippen molar-refractivity contribution in [2.24, 2.45) is 11.7 Å². The Morgan fingerprint density at radius 2 is 2.00 bits per heavy atom. The van der Waals surface area contributed by atoms with Crippen LogP contribution in [0.2, 0.25) is 0 Å². The minimum Gasteiger partial charge on any atom is -0.402 e. The Kier molecular flexibility index (Phi) is 2.99. The molecule has 0 aromatic heterocycles. The number of nitrogens with one attached hydrogen (secondary N) is 1. The van der Waals surface area contributed by atoms with Crippen LogP contribution < -0.4 is 5.73 Å².